The van der Waals surface area contributed by atoms with Gasteiger partial charge in [-0.2, -0.15) is 5.10 Å². The highest BCUT2D eigenvalue weighted by Gasteiger charge is 2.15. The number of aromatic nitrogens is 2. The SMILES string of the molecule is O=C(NCCc1ccc(C2CCCCC2)cc1)c1ccc(=O)[nH]n1. The molecule has 0 bridgehead atoms. The highest BCUT2D eigenvalue weighted by molar-refractivity contribution is 5.91. The van der Waals surface area contributed by atoms with Crippen molar-refractivity contribution in [2.45, 2.75) is 44.4 Å². The Hall–Kier alpha value is -2.43. The van der Waals surface area contributed by atoms with E-state index in [2.05, 4.69) is 39.8 Å². The van der Waals surface area contributed by atoms with Crippen LogP contribution in [0.1, 0.15) is 59.6 Å². The zero-order valence-corrected chi connectivity index (χ0v) is 13.8. The van der Waals surface area contributed by atoms with Gasteiger partial charge in [-0.15, -0.1) is 0 Å². The Morgan fingerprint density at radius 2 is 1.83 bits per heavy atom. The first-order valence-corrected chi connectivity index (χ1v) is 8.65. The van der Waals surface area contributed by atoms with Gasteiger partial charge in [0.05, 0.1) is 0 Å². The molecule has 5 nitrogen and oxygen atoms in total. The minimum absolute atomic E-state index is 0.224. The summed E-state index contributed by atoms with van der Waals surface area (Å²) in [4.78, 5) is 22.8. The molecule has 0 aliphatic heterocycles. The molecule has 0 atom stereocenters. The molecule has 0 unspecified atom stereocenters. The zero-order chi connectivity index (χ0) is 16.8. The van der Waals surface area contributed by atoms with E-state index in [9.17, 15) is 9.59 Å². The van der Waals surface area contributed by atoms with Gasteiger partial charge in [-0.05, 0) is 42.4 Å². The van der Waals surface area contributed by atoms with Crippen LogP contribution in [0.4, 0.5) is 0 Å². The van der Waals surface area contributed by atoms with Crippen LogP contribution in [0.15, 0.2) is 41.2 Å². The van der Waals surface area contributed by atoms with Crippen molar-refractivity contribution in [1.29, 1.82) is 0 Å². The molecule has 3 rings (SSSR count). The van der Waals surface area contributed by atoms with Crippen LogP contribution in [-0.2, 0) is 6.42 Å². The van der Waals surface area contributed by atoms with Crippen molar-refractivity contribution in [3.8, 4) is 0 Å². The third-order valence-corrected chi connectivity index (χ3v) is 4.67. The van der Waals surface area contributed by atoms with Crippen molar-refractivity contribution in [1.82, 2.24) is 15.5 Å². The second kappa shape index (κ2) is 7.90. The van der Waals surface area contributed by atoms with Crippen molar-refractivity contribution in [2.24, 2.45) is 0 Å². The number of H-pyrrole nitrogens is 1. The Balaban J connectivity index is 1.48. The van der Waals surface area contributed by atoms with Crippen molar-refractivity contribution in [2.75, 3.05) is 6.54 Å². The number of nitrogens with one attached hydrogen (secondary N) is 2. The fourth-order valence-corrected chi connectivity index (χ4v) is 3.27. The van der Waals surface area contributed by atoms with Gasteiger partial charge in [0, 0.05) is 12.6 Å². The number of hydrogen-bond acceptors (Lipinski definition) is 3. The predicted octanol–water partition coefficient (Wildman–Crippen LogP) is 2.79. The molecule has 1 aliphatic carbocycles. The van der Waals surface area contributed by atoms with Crippen LogP contribution in [0.2, 0.25) is 0 Å². The molecule has 2 aromatic rings. The fourth-order valence-electron chi connectivity index (χ4n) is 3.27. The lowest BCUT2D eigenvalue weighted by Crippen LogP contribution is -2.27. The molecule has 1 heterocycles. The van der Waals surface area contributed by atoms with Gasteiger partial charge in [-0.25, -0.2) is 5.10 Å². The van der Waals surface area contributed by atoms with Crippen molar-refractivity contribution in [3.05, 3.63) is 63.6 Å². The monoisotopic (exact) mass is 325 g/mol. The van der Waals surface area contributed by atoms with Crippen LogP contribution >= 0.6 is 0 Å². The maximum atomic E-state index is 11.9. The Morgan fingerprint density at radius 1 is 1.08 bits per heavy atom. The van der Waals surface area contributed by atoms with E-state index in [4.69, 9.17) is 0 Å². The lowest BCUT2D eigenvalue weighted by molar-refractivity contribution is 0.0948. The van der Waals surface area contributed by atoms with E-state index >= 15 is 0 Å². The number of benzene rings is 1. The lowest BCUT2D eigenvalue weighted by Gasteiger charge is -2.22. The summed E-state index contributed by atoms with van der Waals surface area (Å²) in [5, 5.41) is 8.80. The van der Waals surface area contributed by atoms with Crippen LogP contribution in [0.3, 0.4) is 0 Å². The molecule has 1 aromatic carbocycles. The smallest absolute Gasteiger partial charge is 0.271 e. The van der Waals surface area contributed by atoms with E-state index in [1.54, 1.807) is 0 Å². The van der Waals surface area contributed by atoms with E-state index < -0.39 is 0 Å². The number of hydrogen-bond donors (Lipinski definition) is 2. The molecule has 1 aliphatic rings. The summed E-state index contributed by atoms with van der Waals surface area (Å²) in [6, 6.07) is 11.5. The van der Waals surface area contributed by atoms with Crippen LogP contribution < -0.4 is 10.9 Å². The van der Waals surface area contributed by atoms with Crippen molar-refractivity contribution >= 4 is 5.91 Å². The molecule has 1 aromatic heterocycles. The maximum Gasteiger partial charge on any atom is 0.271 e. The minimum atomic E-state index is -0.315. The highest BCUT2D eigenvalue weighted by Crippen LogP contribution is 2.32. The molecule has 126 valence electrons. The second-order valence-corrected chi connectivity index (χ2v) is 6.39. The van der Waals surface area contributed by atoms with Crippen LogP contribution in [0, 0.1) is 0 Å². The second-order valence-electron chi connectivity index (χ2n) is 6.39. The van der Waals surface area contributed by atoms with Gasteiger partial charge in [0.25, 0.3) is 11.5 Å². The topological polar surface area (TPSA) is 74.8 Å². The molecule has 2 N–H and O–H groups in total. The Morgan fingerprint density at radius 3 is 2.50 bits per heavy atom. The Kier molecular flexibility index (Phi) is 5.41. The van der Waals surface area contributed by atoms with Gasteiger partial charge < -0.3 is 5.32 Å². The summed E-state index contributed by atoms with van der Waals surface area (Å²) in [6.45, 7) is 0.544. The fraction of sp³-hybridized carbons (Fsp3) is 0.421. The van der Waals surface area contributed by atoms with Gasteiger partial charge in [0.15, 0.2) is 0 Å². The molecule has 0 spiro atoms. The molecule has 1 fully saturated rings. The number of carbonyl (C=O) groups is 1. The zero-order valence-electron chi connectivity index (χ0n) is 13.8. The summed E-state index contributed by atoms with van der Waals surface area (Å²) in [5.41, 5.74) is 2.57. The summed E-state index contributed by atoms with van der Waals surface area (Å²) in [7, 11) is 0. The number of nitrogens with zero attached hydrogens (tertiary/aromatic N) is 1. The molecule has 1 saturated carbocycles. The first-order chi connectivity index (χ1) is 11.7. The van der Waals surface area contributed by atoms with E-state index in [-0.39, 0.29) is 17.2 Å². The average molecular weight is 325 g/mol. The molecular formula is C19H23N3O2. The number of amides is 1. The third kappa shape index (κ3) is 4.31. The molecule has 0 saturated heterocycles. The van der Waals surface area contributed by atoms with Gasteiger partial charge in [-0.3, -0.25) is 9.59 Å². The van der Waals surface area contributed by atoms with Gasteiger partial charge in [0.1, 0.15) is 5.69 Å². The highest BCUT2D eigenvalue weighted by atomic mass is 16.2. The molecule has 1 amide bonds. The number of aromatic amines is 1. The minimum Gasteiger partial charge on any atom is -0.350 e. The van der Waals surface area contributed by atoms with E-state index in [0.29, 0.717) is 6.54 Å². The molecule has 5 heteroatoms. The van der Waals surface area contributed by atoms with E-state index in [0.717, 1.165) is 12.3 Å². The van der Waals surface area contributed by atoms with Crippen LogP contribution in [0.5, 0.6) is 0 Å². The maximum absolute atomic E-state index is 11.9. The summed E-state index contributed by atoms with van der Waals surface area (Å²) < 4.78 is 0. The Bertz CT molecular complexity index is 711. The summed E-state index contributed by atoms with van der Waals surface area (Å²) >= 11 is 0. The van der Waals surface area contributed by atoms with Gasteiger partial charge in [0.2, 0.25) is 0 Å². The average Bonchev–Trinajstić information content (AvgIpc) is 2.63. The molecular weight excluding hydrogens is 302 g/mol. The van der Waals surface area contributed by atoms with E-state index in [1.807, 2.05) is 0 Å². The first kappa shape index (κ1) is 16.4. The summed E-state index contributed by atoms with van der Waals surface area (Å²) in [5.74, 6) is 0.448. The van der Waals surface area contributed by atoms with Crippen LogP contribution in [-0.4, -0.2) is 22.6 Å². The van der Waals surface area contributed by atoms with Gasteiger partial charge in [-0.1, -0.05) is 43.5 Å². The largest absolute Gasteiger partial charge is 0.350 e. The molecule has 24 heavy (non-hydrogen) atoms. The quantitative estimate of drug-likeness (QED) is 0.887. The Labute approximate surface area is 141 Å². The van der Waals surface area contributed by atoms with Crippen molar-refractivity contribution in [3.63, 3.8) is 0 Å². The van der Waals surface area contributed by atoms with Crippen LogP contribution in [0.25, 0.3) is 0 Å². The van der Waals surface area contributed by atoms with Crippen molar-refractivity contribution < 1.29 is 4.79 Å². The summed E-state index contributed by atoms with van der Waals surface area (Å²) in [6.07, 6.45) is 7.45. The standard InChI is InChI=1S/C19H23N3O2/c23-18-11-10-17(21-22-18)19(24)20-13-12-14-6-8-16(9-7-14)15-4-2-1-3-5-15/h6-11,15H,1-5,12-13H2,(H,20,24)(H,22,23). The normalized spacial score (nSPS) is 15.2. The molecule has 0 radical (unpaired) electrons. The first-order valence-electron chi connectivity index (χ1n) is 8.65. The number of carbonyl (C=O) groups excluding carboxylic acids is 1. The third-order valence-electron chi connectivity index (χ3n) is 4.67. The van der Waals surface area contributed by atoms with Gasteiger partial charge >= 0.3 is 0 Å². The lowest BCUT2D eigenvalue weighted by atomic mass is 9.84. The predicted molar refractivity (Wildman–Crippen MR) is 93.2 cm³/mol. The van der Waals surface area contributed by atoms with E-state index in [1.165, 1.54) is 55.4 Å². The number of rotatable bonds is 5.